The first-order valence-electron chi connectivity index (χ1n) is 6.15. The average molecular weight is 215 g/mol. The standard InChI is InChI=1S/C12H25NS/c1-3-13-9-11(2)10-14-12-7-5-4-6-8-12/h11-13H,3-10H2,1-2H3. The highest BCUT2D eigenvalue weighted by Crippen LogP contribution is 2.29. The maximum absolute atomic E-state index is 3.42. The Kier molecular flexibility index (Phi) is 6.70. The number of hydrogen-bond donors (Lipinski definition) is 1. The smallest absolute Gasteiger partial charge is 0.00471 e. The van der Waals surface area contributed by atoms with E-state index in [9.17, 15) is 0 Å². The average Bonchev–Trinajstić information content (AvgIpc) is 2.25. The van der Waals surface area contributed by atoms with Gasteiger partial charge in [-0.05, 0) is 37.6 Å². The van der Waals surface area contributed by atoms with Gasteiger partial charge in [0, 0.05) is 5.25 Å². The third-order valence-corrected chi connectivity index (χ3v) is 4.62. The van der Waals surface area contributed by atoms with Crippen LogP contribution in [0.4, 0.5) is 0 Å². The lowest BCUT2D eigenvalue weighted by molar-refractivity contribution is 0.513. The fourth-order valence-electron chi connectivity index (χ4n) is 1.98. The van der Waals surface area contributed by atoms with E-state index in [1.54, 1.807) is 0 Å². The Morgan fingerprint density at radius 1 is 1.29 bits per heavy atom. The van der Waals surface area contributed by atoms with E-state index < -0.39 is 0 Å². The van der Waals surface area contributed by atoms with Gasteiger partial charge < -0.3 is 5.32 Å². The van der Waals surface area contributed by atoms with Crippen molar-refractivity contribution in [1.82, 2.24) is 5.32 Å². The van der Waals surface area contributed by atoms with E-state index in [4.69, 9.17) is 0 Å². The topological polar surface area (TPSA) is 12.0 Å². The van der Waals surface area contributed by atoms with Gasteiger partial charge in [-0.15, -0.1) is 0 Å². The van der Waals surface area contributed by atoms with Crippen LogP contribution in [0.25, 0.3) is 0 Å². The lowest BCUT2D eigenvalue weighted by Crippen LogP contribution is -2.23. The molecular weight excluding hydrogens is 190 g/mol. The molecular formula is C12H25NS. The Labute approximate surface area is 93.4 Å². The zero-order valence-corrected chi connectivity index (χ0v) is 10.5. The first-order chi connectivity index (χ1) is 6.83. The molecule has 1 N–H and O–H groups in total. The molecule has 1 aliphatic rings. The summed E-state index contributed by atoms with van der Waals surface area (Å²) in [6.07, 6.45) is 7.36. The van der Waals surface area contributed by atoms with Crippen molar-refractivity contribution in [1.29, 1.82) is 0 Å². The summed E-state index contributed by atoms with van der Waals surface area (Å²) < 4.78 is 0. The largest absolute Gasteiger partial charge is 0.317 e. The zero-order chi connectivity index (χ0) is 10.2. The fraction of sp³-hybridized carbons (Fsp3) is 1.00. The molecule has 0 bridgehead atoms. The molecule has 0 aromatic carbocycles. The molecule has 0 heterocycles. The molecule has 0 spiro atoms. The van der Waals surface area contributed by atoms with Crippen LogP contribution in [-0.4, -0.2) is 24.1 Å². The van der Waals surface area contributed by atoms with Crippen molar-refractivity contribution in [3.63, 3.8) is 0 Å². The Morgan fingerprint density at radius 3 is 2.64 bits per heavy atom. The first kappa shape index (κ1) is 12.4. The van der Waals surface area contributed by atoms with Gasteiger partial charge in [0.15, 0.2) is 0 Å². The van der Waals surface area contributed by atoms with E-state index in [1.165, 1.54) is 44.4 Å². The summed E-state index contributed by atoms with van der Waals surface area (Å²) in [7, 11) is 0. The van der Waals surface area contributed by atoms with E-state index in [-0.39, 0.29) is 0 Å². The van der Waals surface area contributed by atoms with Crippen molar-refractivity contribution in [3.8, 4) is 0 Å². The van der Waals surface area contributed by atoms with Crippen molar-refractivity contribution in [2.75, 3.05) is 18.8 Å². The summed E-state index contributed by atoms with van der Waals surface area (Å²) >= 11 is 2.22. The minimum Gasteiger partial charge on any atom is -0.317 e. The summed E-state index contributed by atoms with van der Waals surface area (Å²) in [6, 6.07) is 0. The number of nitrogens with one attached hydrogen (secondary N) is 1. The summed E-state index contributed by atoms with van der Waals surface area (Å²) in [5, 5.41) is 4.40. The van der Waals surface area contributed by atoms with Crippen LogP contribution in [0.15, 0.2) is 0 Å². The molecule has 1 aliphatic carbocycles. The third-order valence-electron chi connectivity index (χ3n) is 2.91. The van der Waals surface area contributed by atoms with Crippen molar-refractivity contribution in [2.45, 2.75) is 51.2 Å². The Balaban J connectivity index is 2.00. The first-order valence-corrected chi connectivity index (χ1v) is 7.20. The van der Waals surface area contributed by atoms with Gasteiger partial charge in [-0.2, -0.15) is 11.8 Å². The number of hydrogen-bond acceptors (Lipinski definition) is 2. The van der Waals surface area contributed by atoms with E-state index in [2.05, 4.69) is 30.9 Å². The molecule has 0 saturated heterocycles. The van der Waals surface area contributed by atoms with Crippen LogP contribution in [0.1, 0.15) is 46.0 Å². The van der Waals surface area contributed by atoms with Gasteiger partial charge >= 0.3 is 0 Å². The molecule has 2 heteroatoms. The van der Waals surface area contributed by atoms with Crippen LogP contribution in [0, 0.1) is 5.92 Å². The van der Waals surface area contributed by atoms with Crippen molar-refractivity contribution >= 4 is 11.8 Å². The summed E-state index contributed by atoms with van der Waals surface area (Å²) in [5.74, 6) is 2.18. The molecule has 1 fully saturated rings. The second-order valence-electron chi connectivity index (χ2n) is 4.51. The van der Waals surface area contributed by atoms with Gasteiger partial charge in [0.25, 0.3) is 0 Å². The van der Waals surface area contributed by atoms with Crippen molar-refractivity contribution in [2.24, 2.45) is 5.92 Å². The molecule has 1 atom stereocenters. The second kappa shape index (κ2) is 7.58. The van der Waals surface area contributed by atoms with Gasteiger partial charge in [-0.3, -0.25) is 0 Å². The fourth-order valence-corrected chi connectivity index (χ4v) is 3.37. The number of rotatable bonds is 6. The Bertz CT molecular complexity index is 132. The third kappa shape index (κ3) is 5.26. The predicted octanol–water partition coefficient (Wildman–Crippen LogP) is 3.30. The van der Waals surface area contributed by atoms with Gasteiger partial charge in [-0.1, -0.05) is 33.1 Å². The molecule has 1 unspecified atom stereocenters. The summed E-state index contributed by atoms with van der Waals surface area (Å²) in [4.78, 5) is 0. The van der Waals surface area contributed by atoms with E-state index >= 15 is 0 Å². The normalized spacial score (nSPS) is 21.0. The molecule has 0 amide bonds. The molecule has 0 aromatic heterocycles. The Morgan fingerprint density at radius 2 is 2.00 bits per heavy atom. The lowest BCUT2D eigenvalue weighted by Gasteiger charge is -2.22. The minimum absolute atomic E-state index is 0.835. The highest BCUT2D eigenvalue weighted by molar-refractivity contribution is 7.99. The zero-order valence-electron chi connectivity index (χ0n) is 9.72. The van der Waals surface area contributed by atoms with Crippen LogP contribution in [0.3, 0.4) is 0 Å². The van der Waals surface area contributed by atoms with Crippen LogP contribution in [0.2, 0.25) is 0 Å². The summed E-state index contributed by atoms with van der Waals surface area (Å²) in [5.41, 5.74) is 0. The van der Waals surface area contributed by atoms with Crippen molar-refractivity contribution < 1.29 is 0 Å². The molecule has 1 rings (SSSR count). The molecule has 0 aromatic rings. The molecule has 0 radical (unpaired) electrons. The van der Waals surface area contributed by atoms with Crippen LogP contribution < -0.4 is 5.32 Å². The van der Waals surface area contributed by atoms with Crippen LogP contribution in [-0.2, 0) is 0 Å². The van der Waals surface area contributed by atoms with E-state index in [1.807, 2.05) is 0 Å². The molecule has 0 aliphatic heterocycles. The molecule has 14 heavy (non-hydrogen) atoms. The Hall–Kier alpha value is 0.310. The monoisotopic (exact) mass is 215 g/mol. The highest BCUT2D eigenvalue weighted by atomic mass is 32.2. The van der Waals surface area contributed by atoms with Gasteiger partial charge in [-0.25, -0.2) is 0 Å². The highest BCUT2D eigenvalue weighted by Gasteiger charge is 2.14. The molecule has 84 valence electrons. The second-order valence-corrected chi connectivity index (χ2v) is 5.84. The molecule has 1 saturated carbocycles. The lowest BCUT2D eigenvalue weighted by atomic mass is 10.0. The predicted molar refractivity (Wildman–Crippen MR) is 67.0 cm³/mol. The van der Waals surface area contributed by atoms with Gasteiger partial charge in [0.2, 0.25) is 0 Å². The van der Waals surface area contributed by atoms with Crippen molar-refractivity contribution in [3.05, 3.63) is 0 Å². The molecule has 1 nitrogen and oxygen atoms in total. The maximum Gasteiger partial charge on any atom is 0.00471 e. The maximum atomic E-state index is 3.42. The summed E-state index contributed by atoms with van der Waals surface area (Å²) in [6.45, 7) is 6.84. The quantitative estimate of drug-likeness (QED) is 0.729. The van der Waals surface area contributed by atoms with Gasteiger partial charge in [0.05, 0.1) is 0 Å². The number of thioether (sulfide) groups is 1. The van der Waals surface area contributed by atoms with E-state index in [0.717, 1.165) is 17.7 Å². The van der Waals surface area contributed by atoms with Crippen LogP contribution >= 0.6 is 11.8 Å². The van der Waals surface area contributed by atoms with Crippen LogP contribution in [0.5, 0.6) is 0 Å². The van der Waals surface area contributed by atoms with E-state index in [0.29, 0.717) is 0 Å². The SMILES string of the molecule is CCNCC(C)CSC1CCCCC1. The minimum atomic E-state index is 0.835. The van der Waals surface area contributed by atoms with Gasteiger partial charge in [0.1, 0.15) is 0 Å².